The summed E-state index contributed by atoms with van der Waals surface area (Å²) in [6.45, 7) is 0. The highest BCUT2D eigenvalue weighted by molar-refractivity contribution is 7.09. The fourth-order valence-corrected chi connectivity index (χ4v) is 2.58. The van der Waals surface area contributed by atoms with Crippen LogP contribution in [0.25, 0.3) is 10.8 Å². The topological polar surface area (TPSA) is 12.9 Å². The van der Waals surface area contributed by atoms with Crippen LogP contribution in [-0.2, 0) is 6.42 Å². The molecule has 0 amide bonds. The van der Waals surface area contributed by atoms with Crippen LogP contribution in [0.1, 0.15) is 10.4 Å². The lowest BCUT2D eigenvalue weighted by Gasteiger charge is -2.04. The van der Waals surface area contributed by atoms with Crippen LogP contribution >= 0.6 is 11.3 Å². The monoisotopic (exact) mass is 225 g/mol. The number of aromatic nitrogens is 1. The van der Waals surface area contributed by atoms with E-state index in [-0.39, 0.29) is 0 Å². The second-order valence-corrected chi connectivity index (χ2v) is 4.75. The minimum Gasteiger partial charge on any atom is -0.253 e. The molecule has 0 radical (unpaired) electrons. The molecule has 0 bridgehead atoms. The summed E-state index contributed by atoms with van der Waals surface area (Å²) in [6.07, 6.45) is 2.93. The zero-order chi connectivity index (χ0) is 10.8. The van der Waals surface area contributed by atoms with Gasteiger partial charge < -0.3 is 0 Å². The van der Waals surface area contributed by atoms with Crippen LogP contribution in [-0.4, -0.2) is 4.98 Å². The van der Waals surface area contributed by atoms with Crippen LogP contribution in [0.5, 0.6) is 0 Å². The number of benzene rings is 2. The summed E-state index contributed by atoms with van der Waals surface area (Å²) in [6, 6.07) is 15.0. The zero-order valence-electron chi connectivity index (χ0n) is 8.76. The number of hydrogen-bond acceptors (Lipinski definition) is 2. The largest absolute Gasteiger partial charge is 0.253 e. The summed E-state index contributed by atoms with van der Waals surface area (Å²) in [5.41, 5.74) is 3.27. The number of hydrogen-bond donors (Lipinski definition) is 0. The van der Waals surface area contributed by atoms with E-state index in [2.05, 4.69) is 47.4 Å². The molecule has 2 aromatic carbocycles. The van der Waals surface area contributed by atoms with Gasteiger partial charge in [0, 0.05) is 17.5 Å². The molecule has 3 rings (SSSR count). The Balaban J connectivity index is 2.10. The summed E-state index contributed by atoms with van der Waals surface area (Å²) in [7, 11) is 0. The molecule has 0 aliphatic rings. The predicted octanol–water partition coefficient (Wildman–Crippen LogP) is 3.89. The van der Waals surface area contributed by atoms with E-state index in [9.17, 15) is 0 Å². The SMILES string of the molecule is c1ccc2c(Cc3cncs3)cccc2c1. The standard InChI is InChI=1S/C14H11NS/c1-2-7-14-11(4-1)5-3-6-12(14)8-13-9-15-10-16-13/h1-7,9-10H,8H2. The molecule has 0 saturated carbocycles. The Kier molecular flexibility index (Phi) is 2.43. The van der Waals surface area contributed by atoms with Crippen molar-refractivity contribution >= 4 is 22.1 Å². The van der Waals surface area contributed by atoms with Gasteiger partial charge in [-0.05, 0) is 16.3 Å². The highest BCUT2D eigenvalue weighted by atomic mass is 32.1. The highest BCUT2D eigenvalue weighted by Crippen LogP contribution is 2.22. The van der Waals surface area contributed by atoms with E-state index in [0.717, 1.165) is 6.42 Å². The van der Waals surface area contributed by atoms with E-state index in [1.165, 1.54) is 21.2 Å². The third kappa shape index (κ3) is 1.72. The molecule has 0 atom stereocenters. The number of rotatable bonds is 2. The smallest absolute Gasteiger partial charge is 0.0794 e. The Labute approximate surface area is 98.4 Å². The van der Waals surface area contributed by atoms with Crippen molar-refractivity contribution < 1.29 is 0 Å². The Morgan fingerprint density at radius 2 is 1.88 bits per heavy atom. The maximum absolute atomic E-state index is 4.12. The van der Waals surface area contributed by atoms with Crippen LogP contribution in [0.4, 0.5) is 0 Å². The van der Waals surface area contributed by atoms with Crippen molar-refractivity contribution in [1.29, 1.82) is 0 Å². The normalized spacial score (nSPS) is 10.8. The molecule has 2 heteroatoms. The van der Waals surface area contributed by atoms with E-state index in [1.54, 1.807) is 11.3 Å². The summed E-state index contributed by atoms with van der Waals surface area (Å²) in [5.74, 6) is 0. The van der Waals surface area contributed by atoms with Crippen molar-refractivity contribution in [3.05, 3.63) is 64.6 Å². The van der Waals surface area contributed by atoms with Crippen LogP contribution in [0.3, 0.4) is 0 Å². The average Bonchev–Trinajstić information content (AvgIpc) is 2.82. The maximum Gasteiger partial charge on any atom is 0.0794 e. The van der Waals surface area contributed by atoms with Crippen LogP contribution in [0, 0.1) is 0 Å². The summed E-state index contributed by atoms with van der Waals surface area (Å²) >= 11 is 1.72. The lowest BCUT2D eigenvalue weighted by atomic mass is 10.0. The van der Waals surface area contributed by atoms with Gasteiger partial charge >= 0.3 is 0 Å². The second-order valence-electron chi connectivity index (χ2n) is 3.78. The lowest BCUT2D eigenvalue weighted by Crippen LogP contribution is -1.86. The first-order valence-corrected chi connectivity index (χ1v) is 6.15. The van der Waals surface area contributed by atoms with Crippen molar-refractivity contribution in [1.82, 2.24) is 4.98 Å². The van der Waals surface area contributed by atoms with Crippen molar-refractivity contribution in [2.45, 2.75) is 6.42 Å². The number of thiazole rings is 1. The van der Waals surface area contributed by atoms with Crippen LogP contribution in [0.15, 0.2) is 54.2 Å². The third-order valence-corrected chi connectivity index (χ3v) is 3.51. The van der Waals surface area contributed by atoms with E-state index in [1.807, 2.05) is 11.7 Å². The van der Waals surface area contributed by atoms with Gasteiger partial charge in [-0.25, -0.2) is 0 Å². The molecule has 0 aliphatic carbocycles. The summed E-state index contributed by atoms with van der Waals surface area (Å²) in [4.78, 5) is 5.43. The molecule has 16 heavy (non-hydrogen) atoms. The molecule has 1 nitrogen and oxygen atoms in total. The molecule has 0 N–H and O–H groups in total. The molecule has 3 aromatic rings. The molecule has 0 unspecified atom stereocenters. The van der Waals surface area contributed by atoms with E-state index in [4.69, 9.17) is 0 Å². The molecule has 1 aromatic heterocycles. The lowest BCUT2D eigenvalue weighted by molar-refractivity contribution is 1.24. The fraction of sp³-hybridized carbons (Fsp3) is 0.0714. The van der Waals surface area contributed by atoms with Crippen LogP contribution in [0.2, 0.25) is 0 Å². The van der Waals surface area contributed by atoms with Gasteiger partial charge in [0.15, 0.2) is 0 Å². The number of nitrogens with zero attached hydrogens (tertiary/aromatic N) is 1. The predicted molar refractivity (Wildman–Crippen MR) is 68.9 cm³/mol. The van der Waals surface area contributed by atoms with E-state index < -0.39 is 0 Å². The molecular weight excluding hydrogens is 214 g/mol. The average molecular weight is 225 g/mol. The van der Waals surface area contributed by atoms with Crippen molar-refractivity contribution in [2.24, 2.45) is 0 Å². The molecule has 0 fully saturated rings. The van der Waals surface area contributed by atoms with Gasteiger partial charge in [-0.15, -0.1) is 11.3 Å². The van der Waals surface area contributed by atoms with Crippen molar-refractivity contribution in [3.8, 4) is 0 Å². The fourth-order valence-electron chi connectivity index (χ4n) is 1.96. The zero-order valence-corrected chi connectivity index (χ0v) is 9.58. The first kappa shape index (κ1) is 9.55. The Bertz CT molecular complexity index is 594. The third-order valence-electron chi connectivity index (χ3n) is 2.73. The van der Waals surface area contributed by atoms with Gasteiger partial charge in [0.2, 0.25) is 0 Å². The maximum atomic E-state index is 4.12. The van der Waals surface area contributed by atoms with Gasteiger partial charge in [0.25, 0.3) is 0 Å². The minimum atomic E-state index is 0.978. The van der Waals surface area contributed by atoms with Crippen LogP contribution < -0.4 is 0 Å². The van der Waals surface area contributed by atoms with Gasteiger partial charge in [-0.1, -0.05) is 42.5 Å². The Morgan fingerprint density at radius 3 is 2.75 bits per heavy atom. The van der Waals surface area contributed by atoms with Gasteiger partial charge in [0.1, 0.15) is 0 Å². The van der Waals surface area contributed by atoms with Crippen molar-refractivity contribution in [2.75, 3.05) is 0 Å². The molecule has 78 valence electrons. The first-order valence-electron chi connectivity index (χ1n) is 5.27. The molecule has 1 heterocycles. The molecular formula is C14H11NS. The van der Waals surface area contributed by atoms with Gasteiger partial charge in [0.05, 0.1) is 5.51 Å². The Morgan fingerprint density at radius 1 is 1.00 bits per heavy atom. The van der Waals surface area contributed by atoms with E-state index in [0.29, 0.717) is 0 Å². The molecule has 0 saturated heterocycles. The molecule has 0 aliphatic heterocycles. The second kappa shape index (κ2) is 4.06. The summed E-state index contributed by atoms with van der Waals surface area (Å²) < 4.78 is 0. The quantitative estimate of drug-likeness (QED) is 0.645. The van der Waals surface area contributed by atoms with E-state index >= 15 is 0 Å². The highest BCUT2D eigenvalue weighted by Gasteiger charge is 2.02. The Hall–Kier alpha value is -1.67. The summed E-state index contributed by atoms with van der Waals surface area (Å²) in [5, 5.41) is 2.66. The van der Waals surface area contributed by atoms with Crippen molar-refractivity contribution in [3.63, 3.8) is 0 Å². The first-order chi connectivity index (χ1) is 7.93. The van der Waals surface area contributed by atoms with Gasteiger partial charge in [-0.2, -0.15) is 0 Å². The van der Waals surface area contributed by atoms with Gasteiger partial charge in [-0.3, -0.25) is 4.98 Å². The minimum absolute atomic E-state index is 0.978. The number of fused-ring (bicyclic) bond motifs is 1. The molecule has 0 spiro atoms.